The lowest BCUT2D eigenvalue weighted by Gasteiger charge is -2.21. The predicted molar refractivity (Wildman–Crippen MR) is 79.0 cm³/mol. The fourth-order valence-electron chi connectivity index (χ4n) is 2.01. The number of amides is 2. The largest absolute Gasteiger partial charge is 0.481 e. The van der Waals surface area contributed by atoms with Gasteiger partial charge >= 0.3 is 12.0 Å². The maximum Gasteiger partial charge on any atom is 0.317 e. The second kappa shape index (κ2) is 8.97. The fraction of sp³-hybridized carbons (Fsp3) is 0.467. The van der Waals surface area contributed by atoms with Gasteiger partial charge in [-0.3, -0.25) is 4.79 Å². The zero-order chi connectivity index (χ0) is 15.7. The van der Waals surface area contributed by atoms with E-state index in [0.29, 0.717) is 25.1 Å². The van der Waals surface area contributed by atoms with E-state index in [1.54, 1.807) is 17.0 Å². The first-order valence-corrected chi connectivity index (χ1v) is 7.00. The molecule has 0 radical (unpaired) electrons. The van der Waals surface area contributed by atoms with Crippen LogP contribution in [0, 0.1) is 0 Å². The molecule has 0 aromatic heterocycles. The second-order valence-electron chi connectivity index (χ2n) is 4.65. The lowest BCUT2D eigenvalue weighted by atomic mass is 10.0. The average Bonchev–Trinajstić information content (AvgIpc) is 2.46. The molecule has 0 saturated heterocycles. The minimum atomic E-state index is -0.896. The van der Waals surface area contributed by atoms with Crippen LogP contribution in [-0.2, 0) is 17.8 Å². The van der Waals surface area contributed by atoms with Gasteiger partial charge in [-0.05, 0) is 24.5 Å². The summed E-state index contributed by atoms with van der Waals surface area (Å²) in [5.41, 5.74) is 1.50. The molecule has 2 amide bonds. The molecule has 1 aromatic rings. The number of hydrogen-bond donors (Lipinski definition) is 3. The van der Waals surface area contributed by atoms with Crippen LogP contribution in [0.15, 0.2) is 24.3 Å². The van der Waals surface area contributed by atoms with Crippen LogP contribution in [-0.4, -0.2) is 46.8 Å². The third-order valence-corrected chi connectivity index (χ3v) is 3.15. The van der Waals surface area contributed by atoms with Gasteiger partial charge in [0.2, 0.25) is 0 Å². The van der Waals surface area contributed by atoms with Crippen LogP contribution in [0.25, 0.3) is 0 Å². The van der Waals surface area contributed by atoms with E-state index in [1.807, 2.05) is 19.1 Å². The van der Waals surface area contributed by atoms with Gasteiger partial charge in [-0.25, -0.2) is 4.79 Å². The number of aliphatic hydroxyl groups is 1. The molecule has 1 rings (SSSR count). The molecule has 6 nitrogen and oxygen atoms in total. The van der Waals surface area contributed by atoms with E-state index in [1.165, 1.54) is 0 Å². The van der Waals surface area contributed by atoms with Gasteiger partial charge in [0.05, 0.1) is 6.42 Å². The molecule has 0 aliphatic rings. The normalized spacial score (nSPS) is 10.2. The summed E-state index contributed by atoms with van der Waals surface area (Å²) in [7, 11) is 0. The van der Waals surface area contributed by atoms with Gasteiger partial charge in [0.1, 0.15) is 0 Å². The quantitative estimate of drug-likeness (QED) is 0.672. The van der Waals surface area contributed by atoms with E-state index in [9.17, 15) is 9.59 Å². The molecule has 21 heavy (non-hydrogen) atoms. The molecular formula is C15H22N2O4. The van der Waals surface area contributed by atoms with Gasteiger partial charge in [0.15, 0.2) is 0 Å². The molecule has 0 unspecified atom stereocenters. The summed E-state index contributed by atoms with van der Waals surface area (Å²) in [6.45, 7) is 3.26. The molecule has 0 atom stereocenters. The van der Waals surface area contributed by atoms with E-state index in [4.69, 9.17) is 10.2 Å². The van der Waals surface area contributed by atoms with Crippen LogP contribution in [0.4, 0.5) is 4.79 Å². The number of rotatable bonds is 8. The Bertz CT molecular complexity index is 476. The lowest BCUT2D eigenvalue weighted by molar-refractivity contribution is -0.136. The molecular weight excluding hydrogens is 272 g/mol. The van der Waals surface area contributed by atoms with Crippen LogP contribution in [0.3, 0.4) is 0 Å². The summed E-state index contributed by atoms with van der Waals surface area (Å²) in [5.74, 6) is -0.896. The fourth-order valence-corrected chi connectivity index (χ4v) is 2.01. The van der Waals surface area contributed by atoms with Crippen molar-refractivity contribution in [2.24, 2.45) is 0 Å². The van der Waals surface area contributed by atoms with Crippen molar-refractivity contribution in [3.05, 3.63) is 35.4 Å². The topological polar surface area (TPSA) is 89.9 Å². The van der Waals surface area contributed by atoms with E-state index >= 15 is 0 Å². The number of nitrogens with zero attached hydrogens (tertiary/aromatic N) is 1. The minimum absolute atomic E-state index is 0.0469. The summed E-state index contributed by atoms with van der Waals surface area (Å²) in [5, 5.41) is 20.5. The SMILES string of the molecule is CCN(CCCO)C(=O)NCc1ccccc1CC(=O)O. The Morgan fingerprint density at radius 3 is 2.48 bits per heavy atom. The predicted octanol–water partition coefficient (Wildman–Crippen LogP) is 1.23. The highest BCUT2D eigenvalue weighted by molar-refractivity contribution is 5.74. The first kappa shape index (κ1) is 17.0. The number of hydrogen-bond acceptors (Lipinski definition) is 3. The summed E-state index contributed by atoms with van der Waals surface area (Å²) in [6, 6.07) is 6.94. The molecule has 6 heteroatoms. The summed E-state index contributed by atoms with van der Waals surface area (Å²) in [6.07, 6.45) is 0.477. The monoisotopic (exact) mass is 294 g/mol. The maximum absolute atomic E-state index is 12.0. The number of nitrogens with one attached hydrogen (secondary N) is 1. The van der Waals surface area contributed by atoms with Crippen molar-refractivity contribution in [3.63, 3.8) is 0 Å². The number of carboxylic acid groups (broad SMARTS) is 1. The van der Waals surface area contributed by atoms with E-state index in [2.05, 4.69) is 5.32 Å². The van der Waals surface area contributed by atoms with Crippen LogP contribution in [0.1, 0.15) is 24.5 Å². The van der Waals surface area contributed by atoms with Gasteiger partial charge in [-0.1, -0.05) is 24.3 Å². The van der Waals surface area contributed by atoms with Crippen LogP contribution >= 0.6 is 0 Å². The molecule has 116 valence electrons. The number of carbonyl (C=O) groups is 2. The smallest absolute Gasteiger partial charge is 0.317 e. The summed E-state index contributed by atoms with van der Waals surface area (Å²) in [4.78, 5) is 24.4. The molecule has 0 spiro atoms. The third kappa shape index (κ3) is 5.83. The Morgan fingerprint density at radius 2 is 1.90 bits per heavy atom. The molecule has 0 bridgehead atoms. The highest BCUT2D eigenvalue weighted by Crippen LogP contribution is 2.09. The zero-order valence-electron chi connectivity index (χ0n) is 12.2. The maximum atomic E-state index is 12.0. The number of carboxylic acids is 1. The molecule has 0 aliphatic heterocycles. The Labute approximate surface area is 124 Å². The highest BCUT2D eigenvalue weighted by Gasteiger charge is 2.12. The Kier molecular flexibility index (Phi) is 7.25. The highest BCUT2D eigenvalue weighted by atomic mass is 16.4. The molecule has 0 heterocycles. The average molecular weight is 294 g/mol. The molecule has 0 saturated carbocycles. The number of aliphatic carboxylic acids is 1. The number of aliphatic hydroxyl groups excluding tert-OH is 1. The Morgan fingerprint density at radius 1 is 1.24 bits per heavy atom. The number of benzene rings is 1. The van der Waals surface area contributed by atoms with Crippen molar-refractivity contribution in [2.75, 3.05) is 19.7 Å². The number of urea groups is 1. The van der Waals surface area contributed by atoms with Crippen molar-refractivity contribution < 1.29 is 19.8 Å². The van der Waals surface area contributed by atoms with E-state index in [0.717, 1.165) is 5.56 Å². The van der Waals surface area contributed by atoms with Gasteiger partial charge < -0.3 is 20.4 Å². The molecule has 3 N–H and O–H groups in total. The Hall–Kier alpha value is -2.08. The van der Waals surface area contributed by atoms with Gasteiger partial charge in [-0.15, -0.1) is 0 Å². The van der Waals surface area contributed by atoms with Crippen molar-refractivity contribution in [3.8, 4) is 0 Å². The summed E-state index contributed by atoms with van der Waals surface area (Å²) < 4.78 is 0. The van der Waals surface area contributed by atoms with Crippen LogP contribution in [0.2, 0.25) is 0 Å². The second-order valence-corrected chi connectivity index (χ2v) is 4.65. The molecule has 0 aliphatic carbocycles. The van der Waals surface area contributed by atoms with Gasteiger partial charge in [0.25, 0.3) is 0 Å². The molecule has 1 aromatic carbocycles. The third-order valence-electron chi connectivity index (χ3n) is 3.15. The Balaban J connectivity index is 2.61. The lowest BCUT2D eigenvalue weighted by Crippen LogP contribution is -2.40. The standard InChI is InChI=1S/C15H22N2O4/c1-2-17(8-5-9-18)15(21)16-11-13-7-4-3-6-12(13)10-14(19)20/h3-4,6-7,18H,2,5,8-11H2,1H3,(H,16,21)(H,19,20). The van der Waals surface area contributed by atoms with Gasteiger partial charge in [0, 0.05) is 26.2 Å². The summed E-state index contributed by atoms with van der Waals surface area (Å²) >= 11 is 0. The molecule has 0 fully saturated rings. The van der Waals surface area contributed by atoms with Crippen LogP contribution in [0.5, 0.6) is 0 Å². The number of carbonyl (C=O) groups excluding carboxylic acids is 1. The van der Waals surface area contributed by atoms with Crippen LogP contribution < -0.4 is 5.32 Å². The van der Waals surface area contributed by atoms with E-state index < -0.39 is 5.97 Å². The van der Waals surface area contributed by atoms with Crippen molar-refractivity contribution >= 4 is 12.0 Å². The van der Waals surface area contributed by atoms with E-state index in [-0.39, 0.29) is 25.6 Å². The first-order valence-electron chi connectivity index (χ1n) is 7.00. The first-order chi connectivity index (χ1) is 10.1. The zero-order valence-corrected chi connectivity index (χ0v) is 12.2. The van der Waals surface area contributed by atoms with Crippen molar-refractivity contribution in [2.45, 2.75) is 26.3 Å². The minimum Gasteiger partial charge on any atom is -0.481 e. The van der Waals surface area contributed by atoms with Gasteiger partial charge in [-0.2, -0.15) is 0 Å². The van der Waals surface area contributed by atoms with Crippen molar-refractivity contribution in [1.82, 2.24) is 10.2 Å². The van der Waals surface area contributed by atoms with Crippen molar-refractivity contribution in [1.29, 1.82) is 0 Å².